The summed E-state index contributed by atoms with van der Waals surface area (Å²) < 4.78 is 33.8. The number of fused-ring (bicyclic) bond motifs is 1. The van der Waals surface area contributed by atoms with Crippen LogP contribution >= 0.6 is 0 Å². The van der Waals surface area contributed by atoms with Crippen LogP contribution in [0.2, 0.25) is 0 Å². The number of para-hydroxylation sites is 2. The first-order valence-electron chi connectivity index (χ1n) is 8.88. The number of aryl methyl sites for hydroxylation is 2. The quantitative estimate of drug-likeness (QED) is 0.699. The smallest absolute Gasteiger partial charge is 0.243 e. The van der Waals surface area contributed by atoms with Crippen molar-refractivity contribution in [3.05, 3.63) is 59.5 Å². The molecular formula is C20H22N2O3S. The first-order valence-corrected chi connectivity index (χ1v) is 10.3. The van der Waals surface area contributed by atoms with Crippen molar-refractivity contribution in [3.8, 4) is 0 Å². The van der Waals surface area contributed by atoms with Crippen molar-refractivity contribution in [2.75, 3.05) is 13.1 Å². The third kappa shape index (κ3) is 3.04. The van der Waals surface area contributed by atoms with Crippen molar-refractivity contribution < 1.29 is 12.8 Å². The average molecular weight is 370 g/mol. The zero-order valence-corrected chi connectivity index (χ0v) is 15.8. The van der Waals surface area contributed by atoms with E-state index in [1.54, 1.807) is 10.4 Å². The molecule has 1 fully saturated rings. The maximum atomic E-state index is 13.2. The summed E-state index contributed by atoms with van der Waals surface area (Å²) in [6.45, 7) is 4.69. The van der Waals surface area contributed by atoms with E-state index in [0.29, 0.717) is 23.9 Å². The van der Waals surface area contributed by atoms with Gasteiger partial charge in [-0.15, -0.1) is 0 Å². The molecule has 1 aliphatic heterocycles. The number of aromatic nitrogens is 1. The van der Waals surface area contributed by atoms with Gasteiger partial charge in [-0.05, 0) is 56.0 Å². The van der Waals surface area contributed by atoms with Crippen molar-refractivity contribution in [3.63, 3.8) is 0 Å². The van der Waals surface area contributed by atoms with Gasteiger partial charge >= 0.3 is 0 Å². The van der Waals surface area contributed by atoms with Gasteiger partial charge in [-0.25, -0.2) is 13.4 Å². The van der Waals surface area contributed by atoms with Gasteiger partial charge in [-0.1, -0.05) is 24.3 Å². The van der Waals surface area contributed by atoms with Crippen molar-refractivity contribution in [2.45, 2.75) is 37.5 Å². The molecule has 6 heteroatoms. The highest BCUT2D eigenvalue weighted by Crippen LogP contribution is 2.32. The van der Waals surface area contributed by atoms with Crippen LogP contribution in [0.4, 0.5) is 0 Å². The summed E-state index contributed by atoms with van der Waals surface area (Å²) in [4.78, 5) is 4.97. The molecule has 1 saturated heterocycles. The number of benzene rings is 2. The van der Waals surface area contributed by atoms with Gasteiger partial charge in [0.2, 0.25) is 10.0 Å². The van der Waals surface area contributed by atoms with E-state index < -0.39 is 10.0 Å². The summed E-state index contributed by atoms with van der Waals surface area (Å²) in [7, 11) is -3.52. The highest BCUT2D eigenvalue weighted by atomic mass is 32.2. The van der Waals surface area contributed by atoms with Crippen molar-refractivity contribution in [1.82, 2.24) is 9.29 Å². The number of hydrogen-bond donors (Lipinski definition) is 0. The van der Waals surface area contributed by atoms with Crippen LogP contribution in [0.25, 0.3) is 11.1 Å². The Labute approximate surface area is 153 Å². The number of sulfonamides is 1. The Bertz CT molecular complexity index is 1020. The molecule has 1 aliphatic rings. The third-order valence-corrected chi connectivity index (χ3v) is 7.01. The van der Waals surface area contributed by atoms with Gasteiger partial charge in [0, 0.05) is 19.0 Å². The summed E-state index contributed by atoms with van der Waals surface area (Å²) in [5.41, 5.74) is 3.29. The van der Waals surface area contributed by atoms with Crippen LogP contribution in [-0.4, -0.2) is 30.8 Å². The van der Waals surface area contributed by atoms with Gasteiger partial charge in [0.1, 0.15) is 5.52 Å². The van der Waals surface area contributed by atoms with Gasteiger partial charge in [0.25, 0.3) is 0 Å². The molecule has 1 atom stereocenters. The minimum atomic E-state index is -3.52. The number of piperidine rings is 1. The monoisotopic (exact) mass is 370 g/mol. The Morgan fingerprint density at radius 2 is 1.96 bits per heavy atom. The van der Waals surface area contributed by atoms with Gasteiger partial charge in [0.05, 0.1) is 4.90 Å². The topological polar surface area (TPSA) is 63.4 Å². The second-order valence-corrected chi connectivity index (χ2v) is 8.90. The van der Waals surface area contributed by atoms with Crippen LogP contribution in [0.3, 0.4) is 0 Å². The minimum absolute atomic E-state index is 0.0176. The molecule has 0 radical (unpaired) electrons. The number of oxazole rings is 1. The fraction of sp³-hybridized carbons (Fsp3) is 0.350. The standard InChI is InChI=1S/C20H22N2O3S/c1-14-9-10-15(2)19(12-14)26(23,24)22-11-5-6-16(13-22)20-21-17-7-3-4-8-18(17)25-20/h3-4,7-10,12,16H,5-6,11,13H2,1-2H3. The Morgan fingerprint density at radius 1 is 1.15 bits per heavy atom. The van der Waals surface area contributed by atoms with E-state index in [0.717, 1.165) is 35.1 Å². The predicted octanol–water partition coefficient (Wildman–Crippen LogP) is 4.01. The average Bonchev–Trinajstić information content (AvgIpc) is 3.08. The lowest BCUT2D eigenvalue weighted by Crippen LogP contribution is -2.39. The van der Waals surface area contributed by atoms with Gasteiger partial charge in [-0.2, -0.15) is 4.31 Å². The van der Waals surface area contributed by atoms with Crippen molar-refractivity contribution in [2.24, 2.45) is 0 Å². The van der Waals surface area contributed by atoms with Crippen LogP contribution in [-0.2, 0) is 10.0 Å². The third-order valence-electron chi connectivity index (χ3n) is 5.01. The van der Waals surface area contributed by atoms with Crippen molar-refractivity contribution in [1.29, 1.82) is 0 Å². The molecule has 2 heterocycles. The minimum Gasteiger partial charge on any atom is -0.440 e. The van der Waals surface area contributed by atoms with Crippen LogP contribution in [0, 0.1) is 13.8 Å². The summed E-state index contributed by atoms with van der Waals surface area (Å²) in [6, 6.07) is 13.2. The molecule has 0 bridgehead atoms. The summed E-state index contributed by atoms with van der Waals surface area (Å²) in [5, 5.41) is 0. The zero-order valence-electron chi connectivity index (χ0n) is 15.0. The molecule has 3 aromatic rings. The van der Waals surface area contributed by atoms with E-state index in [4.69, 9.17) is 4.42 Å². The maximum absolute atomic E-state index is 13.2. The molecule has 136 valence electrons. The first-order chi connectivity index (χ1) is 12.4. The number of nitrogens with zero attached hydrogens (tertiary/aromatic N) is 2. The lowest BCUT2D eigenvalue weighted by molar-refractivity contribution is 0.288. The van der Waals surface area contributed by atoms with E-state index in [9.17, 15) is 8.42 Å². The lowest BCUT2D eigenvalue weighted by atomic mass is 10.00. The molecule has 26 heavy (non-hydrogen) atoms. The first kappa shape index (κ1) is 17.2. The molecule has 0 aliphatic carbocycles. The summed E-state index contributed by atoms with van der Waals surface area (Å²) in [6.07, 6.45) is 1.68. The highest BCUT2D eigenvalue weighted by Gasteiger charge is 2.33. The van der Waals surface area contributed by atoms with Gasteiger partial charge in [-0.3, -0.25) is 0 Å². The summed E-state index contributed by atoms with van der Waals surface area (Å²) in [5.74, 6) is 0.614. The van der Waals surface area contributed by atoms with E-state index >= 15 is 0 Å². The normalized spacial score (nSPS) is 19.1. The maximum Gasteiger partial charge on any atom is 0.243 e. The molecule has 0 N–H and O–H groups in total. The zero-order chi connectivity index (χ0) is 18.3. The molecule has 1 unspecified atom stereocenters. The van der Waals surface area contributed by atoms with Crippen LogP contribution in [0.1, 0.15) is 35.8 Å². The fourth-order valence-electron chi connectivity index (χ4n) is 3.55. The molecular weight excluding hydrogens is 348 g/mol. The SMILES string of the molecule is Cc1ccc(C)c(S(=O)(=O)N2CCCC(c3nc4ccccc4o3)C2)c1. The van der Waals surface area contributed by atoms with Crippen molar-refractivity contribution >= 4 is 21.1 Å². The molecule has 0 spiro atoms. The molecule has 1 aromatic heterocycles. The Hall–Kier alpha value is -2.18. The summed E-state index contributed by atoms with van der Waals surface area (Å²) >= 11 is 0. The molecule has 2 aromatic carbocycles. The molecule has 0 amide bonds. The molecule has 0 saturated carbocycles. The number of hydrogen-bond acceptors (Lipinski definition) is 4. The van der Waals surface area contributed by atoms with E-state index in [1.807, 2.05) is 50.2 Å². The van der Waals surface area contributed by atoms with Crippen LogP contribution < -0.4 is 0 Å². The largest absolute Gasteiger partial charge is 0.440 e. The van der Waals surface area contributed by atoms with Gasteiger partial charge < -0.3 is 4.42 Å². The van der Waals surface area contributed by atoms with Crippen LogP contribution in [0.5, 0.6) is 0 Å². The Kier molecular flexibility index (Phi) is 4.32. The van der Waals surface area contributed by atoms with E-state index in [2.05, 4.69) is 4.98 Å². The van der Waals surface area contributed by atoms with Gasteiger partial charge in [0.15, 0.2) is 11.5 Å². The second kappa shape index (κ2) is 6.52. The Balaban J connectivity index is 1.64. The second-order valence-electron chi connectivity index (χ2n) is 6.99. The Morgan fingerprint density at radius 3 is 2.77 bits per heavy atom. The predicted molar refractivity (Wildman–Crippen MR) is 101 cm³/mol. The lowest BCUT2D eigenvalue weighted by Gasteiger charge is -2.30. The van der Waals surface area contributed by atoms with E-state index in [-0.39, 0.29) is 5.92 Å². The van der Waals surface area contributed by atoms with Crippen LogP contribution in [0.15, 0.2) is 51.8 Å². The van der Waals surface area contributed by atoms with E-state index in [1.165, 1.54) is 0 Å². The molecule has 5 nitrogen and oxygen atoms in total. The number of rotatable bonds is 3. The molecule has 4 rings (SSSR count). The highest BCUT2D eigenvalue weighted by molar-refractivity contribution is 7.89. The fourth-order valence-corrected chi connectivity index (χ4v) is 5.38.